The Labute approximate surface area is 137 Å². The number of carboxylic acid groups (broad SMARTS) is 1. The number of carboxylic acids is 1. The zero-order valence-corrected chi connectivity index (χ0v) is 13.7. The molecule has 0 aliphatic heterocycles. The van der Waals surface area contributed by atoms with Crippen LogP contribution in [0.25, 0.3) is 0 Å². The number of amides is 1. The van der Waals surface area contributed by atoms with Crippen molar-refractivity contribution >= 4 is 11.9 Å². The average molecular weight is 319 g/mol. The number of hydrogen-bond donors (Lipinski definition) is 2. The van der Waals surface area contributed by atoms with Gasteiger partial charge in [-0.05, 0) is 36.8 Å². The van der Waals surface area contributed by atoms with Crippen molar-refractivity contribution < 1.29 is 19.4 Å². The van der Waals surface area contributed by atoms with Gasteiger partial charge in [-0.1, -0.05) is 38.1 Å². The molecule has 1 aromatic rings. The number of ether oxygens (including phenoxy) is 1. The number of aliphatic carboxylic acids is 1. The van der Waals surface area contributed by atoms with Crippen LogP contribution in [0.4, 0.5) is 0 Å². The van der Waals surface area contributed by atoms with Gasteiger partial charge in [0.25, 0.3) is 5.91 Å². The monoisotopic (exact) mass is 319 g/mol. The van der Waals surface area contributed by atoms with Gasteiger partial charge in [0, 0.05) is 0 Å². The molecule has 0 spiro atoms. The summed E-state index contributed by atoms with van der Waals surface area (Å²) in [6.45, 7) is 7.53. The maximum atomic E-state index is 11.9. The quantitative estimate of drug-likeness (QED) is 0.650. The maximum absolute atomic E-state index is 11.9. The molecular formula is C18H25NO4. The van der Waals surface area contributed by atoms with Crippen LogP contribution in [0.5, 0.6) is 5.75 Å². The summed E-state index contributed by atoms with van der Waals surface area (Å²) >= 11 is 0. The van der Waals surface area contributed by atoms with E-state index in [0.717, 1.165) is 12.0 Å². The molecule has 0 aliphatic rings. The van der Waals surface area contributed by atoms with Crippen LogP contribution in [-0.2, 0) is 9.59 Å². The van der Waals surface area contributed by atoms with E-state index in [9.17, 15) is 9.59 Å². The van der Waals surface area contributed by atoms with Crippen molar-refractivity contribution in [2.45, 2.75) is 45.1 Å². The molecule has 0 bridgehead atoms. The third-order valence-electron chi connectivity index (χ3n) is 3.71. The number of carbonyl (C=O) groups excluding carboxylic acids is 1. The summed E-state index contributed by atoms with van der Waals surface area (Å²) in [6.07, 6.45) is 3.43. The van der Waals surface area contributed by atoms with E-state index in [1.807, 2.05) is 24.3 Å². The standard InChI is InChI=1S/C18H25NO4/c1-4-6-10-15(18(21)22)19-17(20)12-23-16-11-8-7-9-14(16)13(3)5-2/h4,7-9,11,13,15H,1,5-6,10,12H2,2-3H3,(H,19,20)(H,21,22). The normalized spacial score (nSPS) is 13.0. The lowest BCUT2D eigenvalue weighted by molar-refractivity contribution is -0.142. The minimum absolute atomic E-state index is 0.203. The lowest BCUT2D eigenvalue weighted by Crippen LogP contribution is -2.42. The van der Waals surface area contributed by atoms with Crippen LogP contribution in [0.1, 0.15) is 44.6 Å². The Morgan fingerprint density at radius 1 is 1.39 bits per heavy atom. The molecule has 0 aliphatic carbocycles. The van der Waals surface area contributed by atoms with Gasteiger partial charge in [0.2, 0.25) is 0 Å². The van der Waals surface area contributed by atoms with Gasteiger partial charge in [0.15, 0.2) is 6.61 Å². The van der Waals surface area contributed by atoms with E-state index in [1.54, 1.807) is 6.08 Å². The molecule has 5 heteroatoms. The molecule has 5 nitrogen and oxygen atoms in total. The fraction of sp³-hybridized carbons (Fsp3) is 0.444. The van der Waals surface area contributed by atoms with Gasteiger partial charge in [-0.3, -0.25) is 4.79 Å². The molecule has 0 saturated carbocycles. The van der Waals surface area contributed by atoms with Crippen molar-refractivity contribution in [1.82, 2.24) is 5.32 Å². The number of benzene rings is 1. The van der Waals surface area contributed by atoms with Crippen LogP contribution in [0, 0.1) is 0 Å². The number of rotatable bonds is 10. The van der Waals surface area contributed by atoms with Crippen molar-refractivity contribution in [3.05, 3.63) is 42.5 Å². The molecule has 126 valence electrons. The maximum Gasteiger partial charge on any atom is 0.326 e. The van der Waals surface area contributed by atoms with Gasteiger partial charge >= 0.3 is 5.97 Å². The summed E-state index contributed by atoms with van der Waals surface area (Å²) in [5.74, 6) is -0.510. The van der Waals surface area contributed by atoms with E-state index in [1.165, 1.54) is 0 Å². The summed E-state index contributed by atoms with van der Waals surface area (Å²) in [7, 11) is 0. The Morgan fingerprint density at radius 2 is 2.09 bits per heavy atom. The van der Waals surface area contributed by atoms with Crippen LogP contribution in [0.3, 0.4) is 0 Å². The molecule has 2 N–H and O–H groups in total. The second-order valence-electron chi connectivity index (χ2n) is 5.46. The number of carbonyl (C=O) groups is 2. The van der Waals surface area contributed by atoms with Gasteiger partial charge < -0.3 is 15.2 Å². The number of para-hydroxylation sites is 1. The van der Waals surface area contributed by atoms with E-state index in [2.05, 4.69) is 25.7 Å². The zero-order chi connectivity index (χ0) is 17.2. The topological polar surface area (TPSA) is 75.6 Å². The van der Waals surface area contributed by atoms with Crippen LogP contribution in [0.2, 0.25) is 0 Å². The first-order valence-electron chi connectivity index (χ1n) is 7.84. The molecular weight excluding hydrogens is 294 g/mol. The molecule has 2 atom stereocenters. The van der Waals surface area contributed by atoms with Crippen molar-refractivity contribution in [2.75, 3.05) is 6.61 Å². The highest BCUT2D eigenvalue weighted by molar-refractivity contribution is 5.84. The molecule has 1 aromatic carbocycles. The Bertz CT molecular complexity index is 542. The third kappa shape index (κ3) is 6.14. The first-order valence-corrected chi connectivity index (χ1v) is 7.84. The Balaban J connectivity index is 2.62. The van der Waals surface area contributed by atoms with E-state index in [4.69, 9.17) is 9.84 Å². The molecule has 0 heterocycles. The predicted molar refractivity (Wildman–Crippen MR) is 89.6 cm³/mol. The minimum Gasteiger partial charge on any atom is -0.483 e. The van der Waals surface area contributed by atoms with E-state index in [0.29, 0.717) is 24.5 Å². The van der Waals surface area contributed by atoms with Gasteiger partial charge in [0.05, 0.1) is 0 Å². The average Bonchev–Trinajstić information content (AvgIpc) is 2.56. The number of nitrogens with one attached hydrogen (secondary N) is 1. The van der Waals surface area contributed by atoms with Crippen LogP contribution in [0.15, 0.2) is 36.9 Å². The summed E-state index contributed by atoms with van der Waals surface area (Å²) in [6, 6.07) is 6.66. The zero-order valence-electron chi connectivity index (χ0n) is 13.7. The molecule has 0 aromatic heterocycles. The lowest BCUT2D eigenvalue weighted by Gasteiger charge is -2.17. The van der Waals surface area contributed by atoms with Gasteiger partial charge in [-0.15, -0.1) is 6.58 Å². The highest BCUT2D eigenvalue weighted by atomic mass is 16.5. The molecule has 1 amide bonds. The van der Waals surface area contributed by atoms with Crippen LogP contribution < -0.4 is 10.1 Å². The second-order valence-corrected chi connectivity index (χ2v) is 5.46. The highest BCUT2D eigenvalue weighted by Gasteiger charge is 2.19. The van der Waals surface area contributed by atoms with Crippen LogP contribution >= 0.6 is 0 Å². The molecule has 0 fully saturated rings. The first-order chi connectivity index (χ1) is 11.0. The third-order valence-corrected chi connectivity index (χ3v) is 3.71. The van der Waals surface area contributed by atoms with Crippen LogP contribution in [-0.4, -0.2) is 29.6 Å². The Morgan fingerprint density at radius 3 is 2.70 bits per heavy atom. The first kappa shape index (κ1) is 18.7. The SMILES string of the molecule is C=CCCC(NC(=O)COc1ccccc1C(C)CC)C(=O)O. The van der Waals surface area contributed by atoms with Crippen molar-refractivity contribution in [3.63, 3.8) is 0 Å². The van der Waals surface area contributed by atoms with Gasteiger partial charge in [-0.25, -0.2) is 4.79 Å². The fourth-order valence-electron chi connectivity index (χ4n) is 2.16. The summed E-state index contributed by atoms with van der Waals surface area (Å²) in [5, 5.41) is 11.6. The summed E-state index contributed by atoms with van der Waals surface area (Å²) in [5.41, 5.74) is 1.05. The largest absolute Gasteiger partial charge is 0.483 e. The molecule has 0 radical (unpaired) electrons. The minimum atomic E-state index is -1.06. The van der Waals surface area contributed by atoms with Gasteiger partial charge in [0.1, 0.15) is 11.8 Å². The molecule has 1 rings (SSSR count). The van der Waals surface area contributed by atoms with Crippen molar-refractivity contribution in [2.24, 2.45) is 0 Å². The lowest BCUT2D eigenvalue weighted by atomic mass is 9.98. The van der Waals surface area contributed by atoms with E-state index in [-0.39, 0.29) is 6.61 Å². The van der Waals surface area contributed by atoms with Gasteiger partial charge in [-0.2, -0.15) is 0 Å². The smallest absolute Gasteiger partial charge is 0.326 e. The summed E-state index contributed by atoms with van der Waals surface area (Å²) < 4.78 is 5.58. The summed E-state index contributed by atoms with van der Waals surface area (Å²) in [4.78, 5) is 23.0. The fourth-order valence-corrected chi connectivity index (χ4v) is 2.16. The predicted octanol–water partition coefficient (Wildman–Crippen LogP) is 3.11. The van der Waals surface area contributed by atoms with E-state index < -0.39 is 17.9 Å². The van der Waals surface area contributed by atoms with E-state index >= 15 is 0 Å². The highest BCUT2D eigenvalue weighted by Crippen LogP contribution is 2.28. The molecule has 23 heavy (non-hydrogen) atoms. The number of hydrogen-bond acceptors (Lipinski definition) is 3. The molecule has 0 saturated heterocycles. The van der Waals surface area contributed by atoms with Crippen molar-refractivity contribution in [3.8, 4) is 5.75 Å². The number of allylic oxidation sites excluding steroid dienone is 1. The Hall–Kier alpha value is -2.30. The second kappa shape index (κ2) is 9.66. The van der Waals surface area contributed by atoms with Crippen molar-refractivity contribution in [1.29, 1.82) is 0 Å². The Kier molecular flexibility index (Phi) is 7.88. The molecule has 2 unspecified atom stereocenters.